The van der Waals surface area contributed by atoms with Crippen molar-refractivity contribution in [1.29, 1.82) is 0 Å². The quantitative estimate of drug-likeness (QED) is 0.905. The third kappa shape index (κ3) is 3.67. The molecule has 0 aliphatic carbocycles. The first-order chi connectivity index (χ1) is 11.0. The summed E-state index contributed by atoms with van der Waals surface area (Å²) in [6.07, 6.45) is 1.65. The largest absolute Gasteiger partial charge is 0.381 e. The van der Waals surface area contributed by atoms with Gasteiger partial charge in [0.15, 0.2) is 5.82 Å². The zero-order chi connectivity index (χ0) is 16.4. The predicted octanol–water partition coefficient (Wildman–Crippen LogP) is 2.60. The summed E-state index contributed by atoms with van der Waals surface area (Å²) < 4.78 is 16.8. The molecule has 0 aromatic carbocycles. The molecule has 1 spiro atoms. The van der Waals surface area contributed by atoms with Gasteiger partial charge in [0.05, 0.1) is 18.2 Å². The van der Waals surface area contributed by atoms with E-state index in [-0.39, 0.29) is 23.7 Å². The lowest BCUT2D eigenvalue weighted by Gasteiger charge is -2.47. The highest BCUT2D eigenvalue weighted by Gasteiger charge is 2.42. The van der Waals surface area contributed by atoms with Crippen LogP contribution in [0.1, 0.15) is 45.3 Å². The number of carbonyl (C=O) groups is 1. The molecule has 128 valence electrons. The van der Waals surface area contributed by atoms with E-state index in [0.29, 0.717) is 32.1 Å². The molecule has 23 heavy (non-hydrogen) atoms. The number of rotatable bonds is 2. The smallest absolute Gasteiger partial charge is 0.323 e. The molecular formula is C16H25N3O4. The van der Waals surface area contributed by atoms with Crippen LogP contribution in [0.5, 0.6) is 0 Å². The van der Waals surface area contributed by atoms with Crippen molar-refractivity contribution in [3.8, 4) is 0 Å². The Bertz CT molecular complexity index is 551. The SMILES string of the molecule is CC1CN(C(=O)Nc2cc(C(C)C)on2)CC2(CCOCC2)O1. The first-order valence-electron chi connectivity index (χ1n) is 8.25. The number of aromatic nitrogens is 1. The molecule has 2 amide bonds. The van der Waals surface area contributed by atoms with Gasteiger partial charge >= 0.3 is 6.03 Å². The van der Waals surface area contributed by atoms with Crippen molar-refractivity contribution >= 4 is 11.8 Å². The average Bonchev–Trinajstić information content (AvgIpc) is 2.96. The topological polar surface area (TPSA) is 76.8 Å². The number of carbonyl (C=O) groups excluding carboxylic acids is 1. The van der Waals surface area contributed by atoms with Gasteiger partial charge in [0.25, 0.3) is 0 Å². The van der Waals surface area contributed by atoms with E-state index in [1.165, 1.54) is 0 Å². The molecule has 1 atom stereocenters. The van der Waals surface area contributed by atoms with Gasteiger partial charge in [0.1, 0.15) is 5.76 Å². The molecule has 7 heteroatoms. The maximum Gasteiger partial charge on any atom is 0.323 e. The number of hydrogen-bond acceptors (Lipinski definition) is 5. The normalized spacial score (nSPS) is 24.2. The second kappa shape index (κ2) is 6.49. The van der Waals surface area contributed by atoms with Crippen LogP contribution in [0.25, 0.3) is 0 Å². The zero-order valence-electron chi connectivity index (χ0n) is 14.0. The Morgan fingerprint density at radius 1 is 1.43 bits per heavy atom. The second-order valence-electron chi connectivity index (χ2n) is 6.80. The van der Waals surface area contributed by atoms with Crippen LogP contribution in [0.3, 0.4) is 0 Å². The molecule has 0 saturated carbocycles. The second-order valence-corrected chi connectivity index (χ2v) is 6.80. The van der Waals surface area contributed by atoms with Crippen LogP contribution >= 0.6 is 0 Å². The molecule has 2 fully saturated rings. The molecular weight excluding hydrogens is 298 g/mol. The highest BCUT2D eigenvalue weighted by Crippen LogP contribution is 2.31. The van der Waals surface area contributed by atoms with E-state index in [2.05, 4.69) is 10.5 Å². The van der Waals surface area contributed by atoms with Gasteiger partial charge in [-0.1, -0.05) is 19.0 Å². The van der Waals surface area contributed by atoms with Gasteiger partial charge in [-0.2, -0.15) is 0 Å². The Kier molecular flexibility index (Phi) is 4.59. The van der Waals surface area contributed by atoms with E-state index in [0.717, 1.165) is 18.6 Å². The monoisotopic (exact) mass is 323 g/mol. The third-order valence-electron chi connectivity index (χ3n) is 4.43. The van der Waals surface area contributed by atoms with Crippen LogP contribution in [-0.2, 0) is 9.47 Å². The molecule has 2 saturated heterocycles. The maximum absolute atomic E-state index is 12.6. The number of hydrogen-bond donors (Lipinski definition) is 1. The minimum atomic E-state index is -0.278. The van der Waals surface area contributed by atoms with Gasteiger partial charge in [-0.3, -0.25) is 5.32 Å². The molecule has 1 N–H and O–H groups in total. The minimum Gasteiger partial charge on any atom is -0.381 e. The lowest BCUT2D eigenvalue weighted by atomic mass is 9.91. The Hall–Kier alpha value is -1.60. The van der Waals surface area contributed by atoms with Gasteiger partial charge in [0, 0.05) is 44.6 Å². The van der Waals surface area contributed by atoms with Crippen molar-refractivity contribution in [2.45, 2.75) is 51.2 Å². The number of anilines is 1. The molecule has 7 nitrogen and oxygen atoms in total. The van der Waals surface area contributed by atoms with Gasteiger partial charge in [0.2, 0.25) is 0 Å². The lowest BCUT2D eigenvalue weighted by Crippen LogP contribution is -2.59. The summed E-state index contributed by atoms with van der Waals surface area (Å²) >= 11 is 0. The van der Waals surface area contributed by atoms with Crippen LogP contribution in [-0.4, -0.2) is 54.1 Å². The van der Waals surface area contributed by atoms with Crippen molar-refractivity contribution in [2.75, 3.05) is 31.6 Å². The van der Waals surface area contributed by atoms with Gasteiger partial charge in [-0.25, -0.2) is 4.79 Å². The molecule has 1 unspecified atom stereocenters. The summed E-state index contributed by atoms with van der Waals surface area (Å²) in [4.78, 5) is 14.4. The highest BCUT2D eigenvalue weighted by atomic mass is 16.5. The molecule has 0 bridgehead atoms. The first-order valence-corrected chi connectivity index (χ1v) is 8.25. The fourth-order valence-corrected chi connectivity index (χ4v) is 3.21. The van der Waals surface area contributed by atoms with Crippen LogP contribution < -0.4 is 5.32 Å². The zero-order valence-corrected chi connectivity index (χ0v) is 14.0. The minimum absolute atomic E-state index is 0.0103. The third-order valence-corrected chi connectivity index (χ3v) is 4.43. The summed E-state index contributed by atoms with van der Waals surface area (Å²) in [6, 6.07) is 1.62. The number of morpholine rings is 1. The van der Waals surface area contributed by atoms with Gasteiger partial charge in [-0.15, -0.1) is 0 Å². The molecule has 0 radical (unpaired) electrons. The summed E-state index contributed by atoms with van der Waals surface area (Å²) in [6.45, 7) is 8.57. The lowest BCUT2D eigenvalue weighted by molar-refractivity contribution is -0.174. The van der Waals surface area contributed by atoms with Crippen LogP contribution in [0.15, 0.2) is 10.6 Å². The molecule has 3 heterocycles. The number of amides is 2. The fraction of sp³-hybridized carbons (Fsp3) is 0.750. The van der Waals surface area contributed by atoms with E-state index >= 15 is 0 Å². The molecule has 1 aromatic heterocycles. The molecule has 3 rings (SSSR count). The van der Waals surface area contributed by atoms with Gasteiger partial charge in [-0.05, 0) is 6.92 Å². The van der Waals surface area contributed by atoms with Crippen molar-refractivity contribution in [2.24, 2.45) is 0 Å². The standard InChI is InChI=1S/C16H25N3O4/c1-11(2)13-8-14(18-23-13)17-15(20)19-9-12(3)22-16(10-19)4-6-21-7-5-16/h8,11-12H,4-7,9-10H2,1-3H3,(H,17,18,20). The average molecular weight is 323 g/mol. The Balaban J connectivity index is 1.65. The number of nitrogens with one attached hydrogen (secondary N) is 1. The molecule has 2 aliphatic heterocycles. The van der Waals surface area contributed by atoms with Crippen molar-refractivity contribution < 1.29 is 18.8 Å². The predicted molar refractivity (Wildman–Crippen MR) is 84.5 cm³/mol. The molecule has 2 aliphatic rings. The van der Waals surface area contributed by atoms with Crippen molar-refractivity contribution in [3.63, 3.8) is 0 Å². The number of ether oxygens (including phenoxy) is 2. The molecule has 1 aromatic rings. The highest BCUT2D eigenvalue weighted by molar-refractivity contribution is 5.88. The van der Waals surface area contributed by atoms with Crippen LogP contribution in [0, 0.1) is 0 Å². The van der Waals surface area contributed by atoms with E-state index in [1.807, 2.05) is 25.7 Å². The first kappa shape index (κ1) is 16.3. The summed E-state index contributed by atoms with van der Waals surface area (Å²) in [7, 11) is 0. The summed E-state index contributed by atoms with van der Waals surface area (Å²) in [5.74, 6) is 1.46. The summed E-state index contributed by atoms with van der Waals surface area (Å²) in [5, 5.41) is 6.74. The van der Waals surface area contributed by atoms with Crippen molar-refractivity contribution in [3.05, 3.63) is 11.8 Å². The van der Waals surface area contributed by atoms with Crippen LogP contribution in [0.4, 0.5) is 10.6 Å². The Labute approximate surface area is 136 Å². The van der Waals surface area contributed by atoms with E-state index in [9.17, 15) is 4.79 Å². The van der Waals surface area contributed by atoms with E-state index < -0.39 is 0 Å². The summed E-state index contributed by atoms with van der Waals surface area (Å²) in [5.41, 5.74) is -0.278. The van der Waals surface area contributed by atoms with E-state index in [4.69, 9.17) is 14.0 Å². The van der Waals surface area contributed by atoms with E-state index in [1.54, 1.807) is 6.07 Å². The Morgan fingerprint density at radius 2 is 2.17 bits per heavy atom. The number of nitrogens with zero attached hydrogens (tertiary/aromatic N) is 2. The number of urea groups is 1. The van der Waals surface area contributed by atoms with Crippen LogP contribution in [0.2, 0.25) is 0 Å². The Morgan fingerprint density at radius 3 is 2.83 bits per heavy atom. The maximum atomic E-state index is 12.6. The fourth-order valence-electron chi connectivity index (χ4n) is 3.21. The van der Waals surface area contributed by atoms with Gasteiger partial charge < -0.3 is 18.9 Å². The van der Waals surface area contributed by atoms with Crippen molar-refractivity contribution in [1.82, 2.24) is 10.1 Å².